The first-order valence-electron chi connectivity index (χ1n) is 8.52. The monoisotopic (exact) mass is 328 g/mol. The molecule has 0 unspecified atom stereocenters. The second kappa shape index (κ2) is 6.91. The van der Waals surface area contributed by atoms with Crippen molar-refractivity contribution < 1.29 is 5.11 Å². The van der Waals surface area contributed by atoms with E-state index in [1.54, 1.807) is 6.07 Å². The van der Waals surface area contributed by atoms with Crippen LogP contribution < -0.4 is 5.32 Å². The van der Waals surface area contributed by atoms with Crippen LogP contribution in [0.5, 0.6) is 5.75 Å². The van der Waals surface area contributed by atoms with Crippen LogP contribution in [-0.2, 0) is 0 Å². The lowest BCUT2D eigenvalue weighted by Gasteiger charge is -2.30. The Morgan fingerprint density at radius 2 is 1.36 bits per heavy atom. The number of rotatable bonds is 3. The quantitative estimate of drug-likeness (QED) is 0.737. The third-order valence-corrected chi connectivity index (χ3v) is 4.57. The van der Waals surface area contributed by atoms with Gasteiger partial charge in [0.1, 0.15) is 11.9 Å². The first-order chi connectivity index (χ1) is 12.3. The van der Waals surface area contributed by atoms with Crippen molar-refractivity contribution in [2.24, 2.45) is 4.99 Å². The Morgan fingerprint density at radius 1 is 0.760 bits per heavy atom. The summed E-state index contributed by atoms with van der Waals surface area (Å²) in [5.74, 6) is 0.279. The van der Waals surface area contributed by atoms with Crippen molar-refractivity contribution in [3.05, 3.63) is 102 Å². The number of hydrogen-bond donors (Lipinski definition) is 2. The molecule has 0 bridgehead atoms. The van der Waals surface area contributed by atoms with Crippen LogP contribution in [0.4, 0.5) is 0 Å². The smallest absolute Gasteiger partial charge is 0.126 e. The standard InChI is InChI=1S/C22H20N2O/c25-21-14-8-7-13-18(21)20-15-19(16-9-3-1-4-10-16)23-22(24-20)17-11-5-2-6-12-17/h1-14,19,22-23,25H,15H2/t19-,22-/m1/s1. The summed E-state index contributed by atoms with van der Waals surface area (Å²) in [6, 6.07) is 28.2. The Labute approximate surface area is 147 Å². The molecule has 3 nitrogen and oxygen atoms in total. The molecule has 4 rings (SSSR count). The molecule has 2 atom stereocenters. The van der Waals surface area contributed by atoms with E-state index in [0.717, 1.165) is 23.3 Å². The van der Waals surface area contributed by atoms with Gasteiger partial charge in [-0.1, -0.05) is 72.8 Å². The topological polar surface area (TPSA) is 44.6 Å². The zero-order valence-corrected chi connectivity index (χ0v) is 13.8. The predicted octanol–water partition coefficient (Wildman–Crippen LogP) is 4.61. The summed E-state index contributed by atoms with van der Waals surface area (Å²) < 4.78 is 0. The molecule has 0 spiro atoms. The van der Waals surface area contributed by atoms with Gasteiger partial charge in [-0.3, -0.25) is 10.3 Å². The summed E-state index contributed by atoms with van der Waals surface area (Å²) in [4.78, 5) is 4.90. The molecule has 1 heterocycles. The van der Waals surface area contributed by atoms with E-state index in [9.17, 15) is 5.11 Å². The summed E-state index contributed by atoms with van der Waals surface area (Å²) in [5, 5.41) is 13.9. The first-order valence-corrected chi connectivity index (χ1v) is 8.52. The zero-order chi connectivity index (χ0) is 17.1. The molecule has 3 heteroatoms. The lowest BCUT2D eigenvalue weighted by atomic mass is 9.93. The number of nitrogens with one attached hydrogen (secondary N) is 1. The van der Waals surface area contributed by atoms with Gasteiger partial charge in [0.25, 0.3) is 0 Å². The Bertz CT molecular complexity index is 875. The van der Waals surface area contributed by atoms with Gasteiger partial charge >= 0.3 is 0 Å². The number of aromatic hydroxyl groups is 1. The van der Waals surface area contributed by atoms with Gasteiger partial charge in [0.15, 0.2) is 0 Å². The molecule has 1 aliphatic heterocycles. The Kier molecular flexibility index (Phi) is 4.32. The maximum absolute atomic E-state index is 10.3. The minimum atomic E-state index is -0.130. The van der Waals surface area contributed by atoms with Gasteiger partial charge in [-0.25, -0.2) is 0 Å². The highest BCUT2D eigenvalue weighted by molar-refractivity contribution is 6.03. The second-order valence-electron chi connectivity index (χ2n) is 6.24. The van der Waals surface area contributed by atoms with E-state index in [2.05, 4.69) is 41.7 Å². The van der Waals surface area contributed by atoms with Crippen molar-refractivity contribution in [3.63, 3.8) is 0 Å². The SMILES string of the molecule is Oc1ccccc1C1=N[C@H](c2ccccc2)N[C@@H](c2ccccc2)C1. The molecule has 0 radical (unpaired) electrons. The average Bonchev–Trinajstić information content (AvgIpc) is 2.69. The molecule has 124 valence electrons. The third-order valence-electron chi connectivity index (χ3n) is 4.57. The zero-order valence-electron chi connectivity index (χ0n) is 13.8. The fraction of sp³-hybridized carbons (Fsp3) is 0.136. The molecule has 0 saturated heterocycles. The van der Waals surface area contributed by atoms with Crippen molar-refractivity contribution in [2.75, 3.05) is 0 Å². The molecule has 25 heavy (non-hydrogen) atoms. The van der Waals surface area contributed by atoms with Crippen LogP contribution in [0.3, 0.4) is 0 Å². The van der Waals surface area contributed by atoms with Crippen molar-refractivity contribution in [1.29, 1.82) is 0 Å². The lowest BCUT2D eigenvalue weighted by Crippen LogP contribution is -2.33. The number of nitrogens with zero attached hydrogens (tertiary/aromatic N) is 1. The molecule has 0 aliphatic carbocycles. The van der Waals surface area contributed by atoms with E-state index in [1.165, 1.54) is 5.56 Å². The summed E-state index contributed by atoms with van der Waals surface area (Å²) in [5.41, 5.74) is 4.09. The largest absolute Gasteiger partial charge is 0.507 e. The minimum Gasteiger partial charge on any atom is -0.507 e. The maximum Gasteiger partial charge on any atom is 0.126 e. The highest BCUT2D eigenvalue weighted by atomic mass is 16.3. The van der Waals surface area contributed by atoms with E-state index in [1.807, 2.05) is 42.5 Å². The maximum atomic E-state index is 10.3. The van der Waals surface area contributed by atoms with Crippen LogP contribution >= 0.6 is 0 Å². The fourth-order valence-electron chi connectivity index (χ4n) is 3.29. The molecule has 0 amide bonds. The van der Waals surface area contributed by atoms with Gasteiger partial charge in [-0.15, -0.1) is 0 Å². The van der Waals surface area contributed by atoms with Gasteiger partial charge in [0.05, 0.1) is 5.71 Å². The number of aliphatic imine (C=N–C) groups is 1. The third kappa shape index (κ3) is 3.32. The van der Waals surface area contributed by atoms with Crippen LogP contribution in [0.15, 0.2) is 89.9 Å². The molecule has 3 aromatic rings. The van der Waals surface area contributed by atoms with E-state index < -0.39 is 0 Å². The van der Waals surface area contributed by atoms with Crippen LogP contribution in [-0.4, -0.2) is 10.8 Å². The van der Waals surface area contributed by atoms with Crippen LogP contribution in [0.2, 0.25) is 0 Å². The number of phenols is 1. The lowest BCUT2D eigenvalue weighted by molar-refractivity contribution is 0.439. The van der Waals surface area contributed by atoms with Crippen molar-refractivity contribution >= 4 is 5.71 Å². The van der Waals surface area contributed by atoms with E-state index in [4.69, 9.17) is 4.99 Å². The normalized spacial score (nSPS) is 20.1. The summed E-state index contributed by atoms with van der Waals surface area (Å²) >= 11 is 0. The Hall–Kier alpha value is -2.91. The van der Waals surface area contributed by atoms with Gasteiger partial charge in [0, 0.05) is 18.0 Å². The van der Waals surface area contributed by atoms with Crippen LogP contribution in [0.25, 0.3) is 0 Å². The highest BCUT2D eigenvalue weighted by Gasteiger charge is 2.26. The molecule has 2 N–H and O–H groups in total. The fourth-order valence-corrected chi connectivity index (χ4v) is 3.29. The number of benzene rings is 3. The molecule has 3 aromatic carbocycles. The van der Waals surface area contributed by atoms with Crippen molar-refractivity contribution in [3.8, 4) is 5.75 Å². The molecule has 1 aliphatic rings. The molecule has 0 aromatic heterocycles. The van der Waals surface area contributed by atoms with Gasteiger partial charge in [-0.2, -0.15) is 0 Å². The summed E-state index contributed by atoms with van der Waals surface area (Å²) in [6.45, 7) is 0. The second-order valence-corrected chi connectivity index (χ2v) is 6.24. The van der Waals surface area contributed by atoms with Crippen molar-refractivity contribution in [1.82, 2.24) is 5.32 Å². The average molecular weight is 328 g/mol. The Balaban J connectivity index is 1.76. The predicted molar refractivity (Wildman–Crippen MR) is 101 cm³/mol. The summed E-state index contributed by atoms with van der Waals surface area (Å²) in [6.07, 6.45) is 0.611. The Morgan fingerprint density at radius 3 is 2.04 bits per heavy atom. The highest BCUT2D eigenvalue weighted by Crippen LogP contribution is 2.32. The van der Waals surface area contributed by atoms with E-state index >= 15 is 0 Å². The minimum absolute atomic E-state index is 0.130. The van der Waals surface area contributed by atoms with E-state index in [-0.39, 0.29) is 18.0 Å². The van der Waals surface area contributed by atoms with E-state index in [0.29, 0.717) is 0 Å². The van der Waals surface area contributed by atoms with Gasteiger partial charge < -0.3 is 5.11 Å². The number of phenolic OH excluding ortho intramolecular Hbond substituents is 1. The number of hydrogen-bond acceptors (Lipinski definition) is 3. The molecular weight excluding hydrogens is 308 g/mol. The molecule has 0 fully saturated rings. The summed E-state index contributed by atoms with van der Waals surface area (Å²) in [7, 11) is 0. The van der Waals surface area contributed by atoms with Crippen LogP contribution in [0.1, 0.15) is 35.3 Å². The van der Waals surface area contributed by atoms with Gasteiger partial charge in [0.2, 0.25) is 0 Å². The molecule has 0 saturated carbocycles. The van der Waals surface area contributed by atoms with Crippen LogP contribution in [0, 0.1) is 0 Å². The van der Waals surface area contributed by atoms with Crippen molar-refractivity contribution in [2.45, 2.75) is 18.6 Å². The molecular formula is C22H20N2O. The number of para-hydroxylation sites is 1. The van der Waals surface area contributed by atoms with Gasteiger partial charge in [-0.05, 0) is 23.3 Å². The first kappa shape index (κ1) is 15.6.